The lowest BCUT2D eigenvalue weighted by molar-refractivity contribution is -0.117. The molecule has 0 aliphatic heterocycles. The zero-order valence-electron chi connectivity index (χ0n) is 14.5. The van der Waals surface area contributed by atoms with Crippen LogP contribution in [0, 0.1) is 0 Å². The highest BCUT2D eigenvalue weighted by Crippen LogP contribution is 2.21. The first-order valence-electron chi connectivity index (χ1n) is 8.36. The summed E-state index contributed by atoms with van der Waals surface area (Å²) in [6, 6.07) is 12.8. The number of rotatable bonds is 5. The maximum absolute atomic E-state index is 12.1. The number of nitrogens with one attached hydrogen (secondary N) is 1. The Bertz CT molecular complexity index is 1100. The largest absolute Gasteiger partial charge is 0.341 e. The summed E-state index contributed by atoms with van der Waals surface area (Å²) in [5.74, 6) is 0.461. The summed E-state index contributed by atoms with van der Waals surface area (Å²) in [6.07, 6.45) is 6.46. The van der Waals surface area contributed by atoms with Crippen LogP contribution in [0.3, 0.4) is 0 Å². The molecule has 1 unspecified atom stereocenters. The number of hydrogen-bond acceptors (Lipinski definition) is 6. The van der Waals surface area contributed by atoms with Crippen LogP contribution in [0.5, 0.6) is 0 Å². The number of benzene rings is 1. The molecule has 3 aromatic heterocycles. The average molecular weight is 360 g/mol. The number of carbonyl (C=O) groups is 1. The third-order valence-corrected chi connectivity index (χ3v) is 3.94. The molecule has 0 spiro atoms. The van der Waals surface area contributed by atoms with Gasteiger partial charge in [-0.05, 0) is 30.7 Å². The van der Waals surface area contributed by atoms with Gasteiger partial charge in [-0.15, -0.1) is 0 Å². The van der Waals surface area contributed by atoms with Crippen LogP contribution >= 0.6 is 0 Å². The molecule has 0 bridgehead atoms. The van der Waals surface area contributed by atoms with Gasteiger partial charge < -0.3 is 9.84 Å². The van der Waals surface area contributed by atoms with E-state index in [4.69, 9.17) is 4.52 Å². The number of amides is 1. The van der Waals surface area contributed by atoms with Gasteiger partial charge in [0.15, 0.2) is 5.65 Å². The fourth-order valence-corrected chi connectivity index (χ4v) is 2.60. The first-order chi connectivity index (χ1) is 13.2. The number of pyridine rings is 1. The molecule has 8 heteroatoms. The fourth-order valence-electron chi connectivity index (χ4n) is 2.60. The van der Waals surface area contributed by atoms with E-state index in [1.165, 1.54) is 12.4 Å². The van der Waals surface area contributed by atoms with Crippen LogP contribution in [0.25, 0.3) is 23.1 Å². The minimum absolute atomic E-state index is 0.245. The topological polar surface area (TPSA) is 98.2 Å². The smallest absolute Gasteiger partial charge is 0.249 e. The molecule has 1 N–H and O–H groups in total. The van der Waals surface area contributed by atoms with E-state index in [2.05, 4.69) is 25.5 Å². The fraction of sp³-hybridized carbons (Fsp3) is 0.105. The molecule has 1 amide bonds. The Balaban J connectivity index is 1.47. The summed E-state index contributed by atoms with van der Waals surface area (Å²) >= 11 is 0. The Morgan fingerprint density at radius 2 is 2.07 bits per heavy atom. The lowest BCUT2D eigenvalue weighted by Gasteiger charge is -2.06. The number of hydrogen-bond donors (Lipinski definition) is 1. The average Bonchev–Trinajstić information content (AvgIpc) is 3.36. The molecule has 1 aromatic carbocycles. The molecule has 0 aliphatic rings. The van der Waals surface area contributed by atoms with Gasteiger partial charge in [-0.25, -0.2) is 9.50 Å². The SMILES string of the molecule is CC(NC(=O)/C=C/c1ccccc1)c1nc(-c2cccn3ncnc23)no1. The molecular weight excluding hydrogens is 344 g/mol. The first kappa shape index (κ1) is 16.6. The highest BCUT2D eigenvalue weighted by atomic mass is 16.5. The summed E-state index contributed by atoms with van der Waals surface area (Å²) in [7, 11) is 0. The van der Waals surface area contributed by atoms with Gasteiger partial charge in [0.05, 0.1) is 5.56 Å². The van der Waals surface area contributed by atoms with Gasteiger partial charge in [0.1, 0.15) is 12.4 Å². The van der Waals surface area contributed by atoms with Gasteiger partial charge in [0, 0.05) is 12.3 Å². The van der Waals surface area contributed by atoms with Crippen molar-refractivity contribution in [3.05, 3.63) is 72.5 Å². The second-order valence-corrected chi connectivity index (χ2v) is 5.88. The van der Waals surface area contributed by atoms with Crippen LogP contribution in [0.4, 0.5) is 0 Å². The summed E-state index contributed by atoms with van der Waals surface area (Å²) < 4.78 is 6.94. The lowest BCUT2D eigenvalue weighted by atomic mass is 10.2. The van der Waals surface area contributed by atoms with E-state index in [9.17, 15) is 4.79 Å². The zero-order chi connectivity index (χ0) is 18.6. The number of fused-ring (bicyclic) bond motifs is 1. The standard InChI is InChI=1S/C19H16N6O2/c1-13(22-16(26)10-9-14-6-3-2-4-7-14)19-23-17(24-27-19)15-8-5-11-25-18(15)20-12-21-25/h2-13H,1H3,(H,22,26)/b10-9+. The van der Waals surface area contributed by atoms with Crippen LogP contribution in [0.1, 0.15) is 24.4 Å². The predicted octanol–water partition coefficient (Wildman–Crippen LogP) is 2.67. The van der Waals surface area contributed by atoms with E-state index in [0.717, 1.165) is 5.56 Å². The molecular formula is C19H16N6O2. The van der Waals surface area contributed by atoms with Crippen molar-refractivity contribution in [2.24, 2.45) is 0 Å². The number of carbonyl (C=O) groups excluding carboxylic acids is 1. The molecule has 0 radical (unpaired) electrons. The van der Waals surface area contributed by atoms with E-state index in [0.29, 0.717) is 22.9 Å². The molecule has 27 heavy (non-hydrogen) atoms. The quantitative estimate of drug-likeness (QED) is 0.550. The van der Waals surface area contributed by atoms with Crippen molar-refractivity contribution in [1.29, 1.82) is 0 Å². The maximum atomic E-state index is 12.1. The molecule has 8 nitrogen and oxygen atoms in total. The molecule has 0 saturated heterocycles. The van der Waals surface area contributed by atoms with Crippen molar-refractivity contribution < 1.29 is 9.32 Å². The normalized spacial score (nSPS) is 12.5. The minimum atomic E-state index is -0.434. The minimum Gasteiger partial charge on any atom is -0.341 e. The van der Waals surface area contributed by atoms with Gasteiger partial charge in [0.2, 0.25) is 17.6 Å². The first-order valence-corrected chi connectivity index (χ1v) is 8.36. The van der Waals surface area contributed by atoms with E-state index in [-0.39, 0.29) is 5.91 Å². The molecule has 1 atom stereocenters. The number of nitrogens with zero attached hydrogens (tertiary/aromatic N) is 5. The Morgan fingerprint density at radius 1 is 1.22 bits per heavy atom. The van der Waals surface area contributed by atoms with E-state index < -0.39 is 6.04 Å². The third kappa shape index (κ3) is 3.59. The van der Waals surface area contributed by atoms with Crippen molar-refractivity contribution in [1.82, 2.24) is 30.1 Å². The van der Waals surface area contributed by atoms with Gasteiger partial charge in [-0.3, -0.25) is 4.79 Å². The number of aromatic nitrogens is 5. The molecule has 134 valence electrons. The highest BCUT2D eigenvalue weighted by molar-refractivity contribution is 5.91. The van der Waals surface area contributed by atoms with Crippen LogP contribution in [-0.2, 0) is 4.79 Å². The van der Waals surface area contributed by atoms with Crippen LogP contribution in [-0.4, -0.2) is 30.6 Å². The van der Waals surface area contributed by atoms with Gasteiger partial charge in [-0.1, -0.05) is 35.5 Å². The molecule has 4 aromatic rings. The predicted molar refractivity (Wildman–Crippen MR) is 98.3 cm³/mol. The van der Waals surface area contributed by atoms with E-state index in [1.807, 2.05) is 42.5 Å². The maximum Gasteiger partial charge on any atom is 0.249 e. The van der Waals surface area contributed by atoms with E-state index in [1.54, 1.807) is 23.7 Å². The monoisotopic (exact) mass is 360 g/mol. The van der Waals surface area contributed by atoms with Crippen molar-refractivity contribution in [3.8, 4) is 11.4 Å². The van der Waals surface area contributed by atoms with Crippen molar-refractivity contribution in [2.75, 3.05) is 0 Å². The van der Waals surface area contributed by atoms with Crippen molar-refractivity contribution in [3.63, 3.8) is 0 Å². The van der Waals surface area contributed by atoms with Gasteiger partial charge in [0.25, 0.3) is 0 Å². The Labute approximate surface area is 154 Å². The van der Waals surface area contributed by atoms with Crippen LogP contribution in [0.15, 0.2) is 65.6 Å². The van der Waals surface area contributed by atoms with Gasteiger partial charge in [-0.2, -0.15) is 10.1 Å². The molecule has 0 aliphatic carbocycles. The third-order valence-electron chi connectivity index (χ3n) is 3.94. The molecule has 4 rings (SSSR count). The Hall–Kier alpha value is -3.81. The highest BCUT2D eigenvalue weighted by Gasteiger charge is 2.18. The summed E-state index contributed by atoms with van der Waals surface area (Å²) in [5, 5.41) is 10.9. The van der Waals surface area contributed by atoms with Gasteiger partial charge >= 0.3 is 0 Å². The van der Waals surface area contributed by atoms with Crippen molar-refractivity contribution in [2.45, 2.75) is 13.0 Å². The van der Waals surface area contributed by atoms with E-state index >= 15 is 0 Å². The van der Waals surface area contributed by atoms with Crippen molar-refractivity contribution >= 4 is 17.6 Å². The molecule has 0 fully saturated rings. The summed E-state index contributed by atoms with van der Waals surface area (Å²) in [4.78, 5) is 20.7. The second-order valence-electron chi connectivity index (χ2n) is 5.88. The summed E-state index contributed by atoms with van der Waals surface area (Å²) in [6.45, 7) is 1.78. The molecule has 0 saturated carbocycles. The zero-order valence-corrected chi connectivity index (χ0v) is 14.5. The second kappa shape index (κ2) is 7.20. The Morgan fingerprint density at radius 3 is 2.93 bits per heavy atom. The summed E-state index contributed by atoms with van der Waals surface area (Å²) in [5.41, 5.74) is 2.28. The molecule has 3 heterocycles. The lowest BCUT2D eigenvalue weighted by Crippen LogP contribution is -2.24. The Kier molecular flexibility index (Phi) is 4.44. The van der Waals surface area contributed by atoms with Crippen LogP contribution < -0.4 is 5.32 Å². The van der Waals surface area contributed by atoms with Crippen LogP contribution in [0.2, 0.25) is 0 Å².